The van der Waals surface area contributed by atoms with E-state index in [-0.39, 0.29) is 23.7 Å². The summed E-state index contributed by atoms with van der Waals surface area (Å²) in [4.78, 5) is 21.7. The summed E-state index contributed by atoms with van der Waals surface area (Å²) < 4.78 is 0. The number of aromatic hydroxyl groups is 1. The summed E-state index contributed by atoms with van der Waals surface area (Å²) >= 11 is 0. The summed E-state index contributed by atoms with van der Waals surface area (Å²) in [7, 11) is 0. The molecular weight excluding hydrogens is 290 g/mol. The van der Waals surface area contributed by atoms with Gasteiger partial charge in [-0.3, -0.25) is 9.59 Å². The Morgan fingerprint density at radius 3 is 1.87 bits per heavy atom. The molecule has 1 amide bonds. The van der Waals surface area contributed by atoms with Crippen LogP contribution in [0.2, 0.25) is 0 Å². The van der Waals surface area contributed by atoms with E-state index in [0.29, 0.717) is 5.75 Å². The van der Waals surface area contributed by atoms with E-state index in [1.54, 1.807) is 0 Å². The van der Waals surface area contributed by atoms with E-state index in [9.17, 15) is 14.7 Å². The smallest absolute Gasteiger partial charge is 0.284 e. The topological polar surface area (TPSA) is 66.4 Å². The number of amides is 1. The highest BCUT2D eigenvalue weighted by molar-refractivity contribution is 6.23. The van der Waals surface area contributed by atoms with Gasteiger partial charge >= 0.3 is 0 Å². The Hall–Kier alpha value is -1.84. The first kappa shape index (κ1) is 19.2. The van der Waals surface area contributed by atoms with E-state index in [1.165, 1.54) is 0 Å². The summed E-state index contributed by atoms with van der Waals surface area (Å²) in [5.41, 5.74) is 2.32. The molecule has 1 rings (SSSR count). The number of aldehydes is 1. The van der Waals surface area contributed by atoms with Crippen LogP contribution in [-0.2, 0) is 27.0 Å². The molecule has 1 aromatic carbocycles. The maximum absolute atomic E-state index is 11.2. The second-order valence-corrected chi connectivity index (χ2v) is 7.35. The number of phenolic OH excluding ortho intramolecular Hbond substituents is 1. The minimum absolute atomic E-state index is 0.173. The van der Waals surface area contributed by atoms with Crippen molar-refractivity contribution in [2.24, 2.45) is 0 Å². The van der Waals surface area contributed by atoms with Crippen molar-refractivity contribution in [3.05, 3.63) is 28.8 Å². The van der Waals surface area contributed by atoms with Crippen molar-refractivity contribution in [2.75, 3.05) is 0 Å². The predicted molar refractivity (Wildman–Crippen MR) is 92.7 cm³/mol. The van der Waals surface area contributed by atoms with Crippen LogP contribution >= 0.6 is 0 Å². The fourth-order valence-electron chi connectivity index (χ4n) is 2.44. The van der Waals surface area contributed by atoms with Crippen molar-refractivity contribution >= 4 is 12.2 Å². The maximum Gasteiger partial charge on any atom is 0.284 e. The monoisotopic (exact) mass is 319 g/mol. The first-order valence-electron chi connectivity index (χ1n) is 8.19. The molecule has 0 saturated carbocycles. The third-order valence-corrected chi connectivity index (χ3v) is 4.97. The lowest BCUT2D eigenvalue weighted by molar-refractivity contribution is -0.131. The average Bonchev–Trinajstić information content (AvgIpc) is 2.52. The Morgan fingerprint density at radius 2 is 1.52 bits per heavy atom. The number of nitrogens with one attached hydrogen (secondary N) is 1. The molecule has 0 radical (unpaired) electrons. The fraction of sp³-hybridized carbons (Fsp3) is 0.579. The highest BCUT2D eigenvalue weighted by atomic mass is 16.3. The van der Waals surface area contributed by atoms with Gasteiger partial charge in [0.15, 0.2) is 0 Å². The van der Waals surface area contributed by atoms with Crippen LogP contribution in [0.5, 0.6) is 5.75 Å². The average molecular weight is 319 g/mol. The van der Waals surface area contributed by atoms with Gasteiger partial charge < -0.3 is 10.4 Å². The highest BCUT2D eigenvalue weighted by Gasteiger charge is 2.29. The molecule has 4 nitrogen and oxygen atoms in total. The van der Waals surface area contributed by atoms with Crippen LogP contribution in [0.1, 0.15) is 71.1 Å². The van der Waals surface area contributed by atoms with Crippen molar-refractivity contribution in [1.82, 2.24) is 5.32 Å². The van der Waals surface area contributed by atoms with Gasteiger partial charge in [0.05, 0.1) is 0 Å². The number of hydrogen-bond donors (Lipinski definition) is 2. The van der Waals surface area contributed by atoms with Gasteiger partial charge in [0, 0.05) is 17.7 Å². The third-order valence-electron chi connectivity index (χ3n) is 4.97. The standard InChI is InChI=1S/C19H29NO3/c1-7-18(3,4)14-9-13(11-20-16(22)12-21)10-15(17(14)23)19(5,6)8-2/h9-10,12,23H,7-8,11H2,1-6H3,(H,20,22). The molecule has 0 heterocycles. The van der Waals surface area contributed by atoms with Crippen molar-refractivity contribution in [1.29, 1.82) is 0 Å². The summed E-state index contributed by atoms with van der Waals surface area (Å²) in [5.74, 6) is -0.292. The maximum atomic E-state index is 11.2. The van der Waals surface area contributed by atoms with Crippen LogP contribution in [0.25, 0.3) is 0 Å². The van der Waals surface area contributed by atoms with E-state index in [0.717, 1.165) is 29.5 Å². The molecule has 0 aliphatic rings. The summed E-state index contributed by atoms with van der Waals surface area (Å²) in [6, 6.07) is 3.86. The van der Waals surface area contributed by atoms with Gasteiger partial charge in [-0.05, 0) is 41.4 Å². The second kappa shape index (κ2) is 7.16. The van der Waals surface area contributed by atoms with Gasteiger partial charge in [0.25, 0.3) is 5.91 Å². The van der Waals surface area contributed by atoms with Gasteiger partial charge in [0.1, 0.15) is 5.75 Å². The molecule has 128 valence electrons. The van der Waals surface area contributed by atoms with Gasteiger partial charge in [-0.2, -0.15) is 0 Å². The molecule has 0 spiro atoms. The van der Waals surface area contributed by atoms with Crippen LogP contribution in [0.15, 0.2) is 12.1 Å². The lowest BCUT2D eigenvalue weighted by Crippen LogP contribution is -2.25. The molecule has 0 unspecified atom stereocenters. The molecule has 0 fully saturated rings. The van der Waals surface area contributed by atoms with E-state index >= 15 is 0 Å². The molecule has 0 atom stereocenters. The normalized spacial score (nSPS) is 12.1. The Morgan fingerprint density at radius 1 is 1.09 bits per heavy atom. The van der Waals surface area contributed by atoms with Crippen molar-refractivity contribution in [3.8, 4) is 5.75 Å². The fourth-order valence-corrected chi connectivity index (χ4v) is 2.44. The Labute approximate surface area is 139 Å². The molecule has 0 aliphatic heterocycles. The van der Waals surface area contributed by atoms with Crippen molar-refractivity contribution in [3.63, 3.8) is 0 Å². The minimum atomic E-state index is -0.634. The first-order valence-corrected chi connectivity index (χ1v) is 8.19. The molecular formula is C19H29NO3. The van der Waals surface area contributed by atoms with Gasteiger partial charge in [-0.25, -0.2) is 0 Å². The van der Waals surface area contributed by atoms with Crippen LogP contribution < -0.4 is 5.32 Å². The molecule has 0 bridgehead atoms. The van der Waals surface area contributed by atoms with Crippen LogP contribution in [0.4, 0.5) is 0 Å². The van der Waals surface area contributed by atoms with E-state index in [4.69, 9.17) is 0 Å². The molecule has 4 heteroatoms. The largest absolute Gasteiger partial charge is 0.507 e. The van der Waals surface area contributed by atoms with Gasteiger partial charge in [-0.15, -0.1) is 0 Å². The number of carbonyl (C=O) groups excluding carboxylic acids is 2. The number of phenols is 1. The molecule has 0 aromatic heterocycles. The van der Waals surface area contributed by atoms with E-state index in [2.05, 4.69) is 46.9 Å². The molecule has 2 N–H and O–H groups in total. The summed E-state index contributed by atoms with van der Waals surface area (Å²) in [6.07, 6.45) is 2.04. The molecule has 0 aliphatic carbocycles. The SMILES string of the molecule is CCC(C)(C)c1cc(CNC(=O)C=O)cc(C(C)(C)CC)c1O. The Bertz CT molecular complexity index is 551. The van der Waals surface area contributed by atoms with Crippen molar-refractivity contribution < 1.29 is 14.7 Å². The van der Waals surface area contributed by atoms with Crippen LogP contribution in [-0.4, -0.2) is 17.3 Å². The van der Waals surface area contributed by atoms with Gasteiger partial charge in [-0.1, -0.05) is 41.5 Å². The van der Waals surface area contributed by atoms with Crippen LogP contribution in [0.3, 0.4) is 0 Å². The number of benzene rings is 1. The summed E-state index contributed by atoms with van der Waals surface area (Å²) in [6.45, 7) is 12.8. The Kier molecular flexibility index (Phi) is 5.98. The quantitative estimate of drug-likeness (QED) is 0.596. The molecule has 23 heavy (non-hydrogen) atoms. The lowest BCUT2D eigenvalue weighted by atomic mass is 9.75. The number of hydrogen-bond acceptors (Lipinski definition) is 3. The minimum Gasteiger partial charge on any atom is -0.507 e. The van der Waals surface area contributed by atoms with E-state index < -0.39 is 5.91 Å². The Balaban J connectivity index is 3.43. The third kappa shape index (κ3) is 4.34. The second-order valence-electron chi connectivity index (χ2n) is 7.35. The van der Waals surface area contributed by atoms with Crippen molar-refractivity contribution in [2.45, 2.75) is 71.8 Å². The molecule has 0 saturated heterocycles. The zero-order valence-corrected chi connectivity index (χ0v) is 15.1. The van der Waals surface area contributed by atoms with Crippen LogP contribution in [0, 0.1) is 0 Å². The zero-order valence-electron chi connectivity index (χ0n) is 15.1. The molecule has 1 aromatic rings. The van der Waals surface area contributed by atoms with Gasteiger partial charge in [0.2, 0.25) is 6.29 Å². The predicted octanol–water partition coefficient (Wildman–Crippen LogP) is 3.58. The lowest BCUT2D eigenvalue weighted by Gasteiger charge is -2.31. The zero-order chi connectivity index (χ0) is 17.8. The highest BCUT2D eigenvalue weighted by Crippen LogP contribution is 2.42. The van der Waals surface area contributed by atoms with E-state index in [1.807, 2.05) is 12.1 Å². The number of carbonyl (C=O) groups is 2. The summed E-state index contributed by atoms with van der Waals surface area (Å²) in [5, 5.41) is 13.4. The number of rotatable bonds is 7. The first-order chi connectivity index (χ1) is 10.6.